The average Bonchev–Trinajstić information content (AvgIpc) is 1.48. The van der Waals surface area contributed by atoms with E-state index in [1.165, 1.54) is 0 Å². The summed E-state index contributed by atoms with van der Waals surface area (Å²) in [6.07, 6.45) is 29.6. The monoisotopic (exact) mass is 2100 g/mol. The molecule has 12 aliphatic carbocycles. The second-order valence-corrected chi connectivity index (χ2v) is 55.6. The lowest BCUT2D eigenvalue weighted by Crippen LogP contribution is -2.58. The van der Waals surface area contributed by atoms with Gasteiger partial charge in [0.25, 0.3) is 30.4 Å². The molecule has 30 atom stereocenters. The molecule has 12 aliphatic rings. The van der Waals surface area contributed by atoms with E-state index >= 15 is 4.57 Å². The Morgan fingerprint density at radius 2 is 0.637 bits per heavy atom. The van der Waals surface area contributed by atoms with Gasteiger partial charge in [-0.1, -0.05) is 114 Å². The van der Waals surface area contributed by atoms with E-state index in [2.05, 4.69) is 109 Å². The quantitative estimate of drug-likeness (QED) is 0.00763. The average molecular weight is 2100 g/mol. The van der Waals surface area contributed by atoms with Gasteiger partial charge in [0.15, 0.2) is 7.14 Å². The Kier molecular flexibility index (Phi) is 31.2. The van der Waals surface area contributed by atoms with Gasteiger partial charge in [-0.25, -0.2) is 28.4 Å². The first-order valence-corrected chi connectivity index (χ1v) is 60.6. The number of fused-ring (bicyclic) bond motifs is 15. The fourth-order valence-corrected chi connectivity index (χ4v) is 37.0. The minimum atomic E-state index is -4.19. The number of hydrogen-bond donors (Lipinski definition) is 9. The number of esters is 3. The van der Waals surface area contributed by atoms with Crippen molar-refractivity contribution in [3.8, 4) is 0 Å². The maximum absolute atomic E-state index is 16.5. The van der Waals surface area contributed by atoms with Crippen LogP contribution in [0.2, 0.25) is 0 Å². The predicted octanol–water partition coefficient (Wildman–Crippen LogP) is 13.9. The van der Waals surface area contributed by atoms with Gasteiger partial charge < -0.3 is 50.0 Å². The van der Waals surface area contributed by atoms with Crippen LogP contribution in [0.5, 0.6) is 0 Å². The normalized spacial score (nSPS) is 35.2. The summed E-state index contributed by atoms with van der Waals surface area (Å²) in [5, 5.41) is 73.2. The van der Waals surface area contributed by atoms with Crippen molar-refractivity contribution in [1.82, 2.24) is 60.9 Å². The van der Waals surface area contributed by atoms with Crippen LogP contribution in [0.25, 0.3) is 0 Å². The maximum atomic E-state index is 16.5. The molecule has 12 saturated carbocycles. The fraction of sp³-hybridized carbons (Fsp3) is 0.722. The third-order valence-electron chi connectivity index (χ3n) is 41.3. The van der Waals surface area contributed by atoms with Crippen molar-refractivity contribution >= 4 is 89.0 Å². The first-order valence-electron chi connectivity index (χ1n) is 54.0. The van der Waals surface area contributed by atoms with E-state index in [4.69, 9.17) is 27.9 Å². The van der Waals surface area contributed by atoms with Crippen molar-refractivity contribution in [2.24, 2.45) is 139 Å². The second-order valence-electron chi connectivity index (χ2n) is 48.2. The lowest BCUT2D eigenvalue weighted by molar-refractivity contribution is -0.171. The summed E-state index contributed by atoms with van der Waals surface area (Å²) < 4.78 is 135. The molecule has 0 spiro atoms. The van der Waals surface area contributed by atoms with Crippen molar-refractivity contribution in [3.05, 3.63) is 125 Å². The minimum Gasteiger partial charge on any atom is -0.455 e. The Balaban J connectivity index is 0.502. The third kappa shape index (κ3) is 21.4. The van der Waals surface area contributed by atoms with Crippen LogP contribution in [-0.4, -0.2) is 190 Å². The van der Waals surface area contributed by atoms with Crippen LogP contribution in [0.15, 0.2) is 91.4 Å². The van der Waals surface area contributed by atoms with Gasteiger partial charge >= 0.3 is 17.9 Å². The highest BCUT2D eigenvalue weighted by Crippen LogP contribution is 2.73. The molecule has 0 aliphatic heterocycles. The Bertz CT molecular complexity index is 5590. The fourth-order valence-electron chi connectivity index (χ4n) is 33.3. The number of aliphatic hydroxyl groups excluding tert-OH is 3. The summed E-state index contributed by atoms with van der Waals surface area (Å²) in [7, 11) is -16.5. The lowest BCUT2D eigenvalue weighted by Gasteiger charge is -2.62. The van der Waals surface area contributed by atoms with Crippen molar-refractivity contribution in [3.63, 3.8) is 0 Å². The summed E-state index contributed by atoms with van der Waals surface area (Å²) in [6, 6.07) is 19.3. The van der Waals surface area contributed by atoms with Crippen molar-refractivity contribution < 1.29 is 102 Å². The van der Waals surface area contributed by atoms with Gasteiger partial charge in [0, 0.05) is 54.8 Å². The molecule has 0 radical (unpaired) electrons. The molecule has 3 aromatic carbocycles. The number of amides is 3. The Morgan fingerprint density at radius 3 is 0.890 bits per heavy atom. The molecule has 38 heteroatoms. The number of carbonyl (C=O) groups is 6. The highest BCUT2D eigenvalue weighted by molar-refractivity contribution is 7.86. The first kappa shape index (κ1) is 108. The number of hydrogen-bond acceptors (Lipinski definition) is 25. The molecule has 18 rings (SSSR count). The van der Waals surface area contributed by atoms with Crippen LogP contribution >= 0.6 is 7.14 Å². The molecule has 9 N–H and O–H groups in total. The number of rotatable bonds is 36. The van der Waals surface area contributed by atoms with Gasteiger partial charge in [0.2, 0.25) is 17.7 Å². The van der Waals surface area contributed by atoms with E-state index in [0.717, 1.165) is 154 Å². The number of benzene rings is 3. The number of ether oxygens (including phenoxy) is 3. The Morgan fingerprint density at radius 1 is 0.377 bits per heavy atom. The number of aliphatic hydroxyl groups is 3. The molecule has 0 unspecified atom stereocenters. The zero-order chi connectivity index (χ0) is 104. The summed E-state index contributed by atoms with van der Waals surface area (Å²) >= 11 is 0. The topological polar surface area (TPSA) is 499 Å². The Labute approximate surface area is 858 Å². The Hall–Kier alpha value is -8.26. The van der Waals surface area contributed by atoms with E-state index in [1.807, 2.05) is 32.6 Å². The number of carbonyl (C=O) groups excluding carboxylic acids is 6. The van der Waals surface area contributed by atoms with Crippen LogP contribution < -0.4 is 31.9 Å². The van der Waals surface area contributed by atoms with Gasteiger partial charge in [0.05, 0.1) is 89.0 Å². The second kappa shape index (κ2) is 42.4. The molecule has 6 aromatic rings. The molecular weight excluding hydrogens is 1940 g/mol. The predicted molar refractivity (Wildman–Crippen MR) is 544 cm³/mol. The minimum absolute atomic E-state index is 0.0180. The molecule has 0 bridgehead atoms. The molecule has 3 amide bonds. The van der Waals surface area contributed by atoms with E-state index in [1.54, 1.807) is 72.8 Å². The van der Waals surface area contributed by atoms with Crippen LogP contribution in [0.3, 0.4) is 0 Å². The molecule has 800 valence electrons. The summed E-state index contributed by atoms with van der Waals surface area (Å²) in [5.41, 5.74) is 1.20. The summed E-state index contributed by atoms with van der Waals surface area (Å²) in [5.74, 6) is 1.74. The maximum Gasteiger partial charge on any atom is 0.338 e. The summed E-state index contributed by atoms with van der Waals surface area (Å²) in [6.45, 7) is 19.8. The van der Waals surface area contributed by atoms with Crippen LogP contribution in [0, 0.1) is 139 Å². The highest BCUT2D eigenvalue weighted by Gasteiger charge is 2.68. The van der Waals surface area contributed by atoms with Crippen molar-refractivity contribution in [2.45, 2.75) is 311 Å². The van der Waals surface area contributed by atoms with E-state index in [9.17, 15) is 69.3 Å². The molecule has 3 aromatic heterocycles. The molecule has 34 nitrogen and oxygen atoms in total. The largest absolute Gasteiger partial charge is 0.455 e. The van der Waals surface area contributed by atoms with Gasteiger partial charge in [-0.15, -0.1) is 15.3 Å². The van der Waals surface area contributed by atoms with Gasteiger partial charge in [-0.2, -0.15) is 25.3 Å². The first-order chi connectivity index (χ1) is 69.2. The molecule has 12 fully saturated rings. The molecule has 0 saturated heterocycles. The zero-order valence-electron chi connectivity index (χ0n) is 86.0. The highest BCUT2D eigenvalue weighted by atomic mass is 32.2. The SMILES string of the molecule is C[C@H](CCC(=O)NCCS(=O)(=O)O)[C@H]1CC[C@H]2[C@@H]3CC[C@@H]4C[C@H](n5cc(COC(=O)c6ccc(P(=O)(c7ccc(C(=O)OCc8cn([C@@H]9CC[C@@]%10(C)[C@H](CC[C@@H]%11[C@@H]%10C[C@H](O)[C@]%10(C)[C@@H]([C@H](C)CCC(=O)NCCS(=O)(=O)O)CC[C@@H]%11%10)C9)nn8)cc7)c7ccc(C(=O)OCc8cn([C@@H]9CC[C@@]%10(C)[C@H](CC[C@@H]%11[C@@H]%10C[C@H](O)[C@]%10(C)[C@@H]([C@H](C)CCC(=O)NCCS(=O)(=O)O)CC[C@@H]%11%10)C9)nn8)cc7)cc6)nn5)CC[C@]4(C)[C@H]3C[C@H](O)[C@]12C. The van der Waals surface area contributed by atoms with E-state index in [0.29, 0.717) is 123 Å². The van der Waals surface area contributed by atoms with Crippen LogP contribution in [-0.2, 0) is 83.3 Å². The molecular formula is C108H153N12O22PS3. The number of nitrogens with one attached hydrogen (secondary N) is 3. The van der Waals surface area contributed by atoms with Crippen molar-refractivity contribution in [1.29, 1.82) is 0 Å². The zero-order valence-corrected chi connectivity index (χ0v) is 89.3. The van der Waals surface area contributed by atoms with Crippen molar-refractivity contribution in [2.75, 3.05) is 36.9 Å². The molecule has 146 heavy (non-hydrogen) atoms. The lowest BCUT2D eigenvalue weighted by atomic mass is 9.43. The van der Waals surface area contributed by atoms with Crippen LogP contribution in [0.4, 0.5) is 0 Å². The number of aromatic nitrogens is 9. The smallest absolute Gasteiger partial charge is 0.338 e. The van der Waals surface area contributed by atoms with Gasteiger partial charge in [-0.3, -0.25) is 28.0 Å². The number of nitrogens with zero attached hydrogens (tertiary/aromatic N) is 9. The molecule has 3 heterocycles. The third-order valence-corrected chi connectivity index (χ3v) is 46.5. The van der Waals surface area contributed by atoms with Gasteiger partial charge in [-0.05, 0) is 349 Å². The van der Waals surface area contributed by atoms with E-state index in [-0.39, 0.29) is 179 Å². The standard InChI is InChI=1S/C108H153N12O22PS3/c1-64(10-37-97(124)109-46-49-144(131,132)133)85-31-34-88-82-28-19-70-52-76(40-43-103(70,4)91(82)55-94(121)106(85,88)7)118-58-73(112-115-118)61-140-100(127)67-13-22-79(23-14-67)143(130,80-24-15-68(16-25-80)101(128)141-62-74-59-119(116-113-74)77-41-44-104(5)71(53-77)20-29-83-89-35-32-86(107(89,8)95(122)56-92(83)104)65(2)11-38-98(125)110-47-50-145(134,135)136)81-26-17-69(18-27-81)102(129)142-63-75-60-120(117-114-75)78-42-45-105(6)72(54-78)21-30-84-90-36-33-87(108(90,9)96(123)57-93(84)105)66(3)12-39-99(126)111-48-51-146(137,138)139/h13-18,22-27,58-60,64-66,70-72,76-78,82-96,121-123H,10-12,19-21,28-57,61-63H2,1-9H3,(H,109,124)(H,110,125)(H,111,126)(H,131,132,133)(H,134,135,136)(H,137,138,139)/t64-,65-,66-,70-,71-,72-,76-,77-,78-,82+,83+,84+,85-,86-,87-,88+,89+,90+,91+,92+,93+,94+,95+,96+,103+,104+,105+,106-,107-,108-/m1/s1. The van der Waals surface area contributed by atoms with Crippen LogP contribution in [0.1, 0.15) is 321 Å². The summed E-state index contributed by atoms with van der Waals surface area (Å²) in [4.78, 5) is 80.5. The van der Waals surface area contributed by atoms with Gasteiger partial charge in [0.1, 0.15) is 36.9 Å². The van der Waals surface area contributed by atoms with E-state index < -0.39 is 91.0 Å².